The molecule has 31 heavy (non-hydrogen) atoms. The van der Waals surface area contributed by atoms with Crippen LogP contribution in [0.1, 0.15) is 24.4 Å². The smallest absolute Gasteiger partial charge is 0.292 e. The number of nitro benzene ring substituents is 1. The number of hydrogen-bond donors (Lipinski definition) is 1. The minimum atomic E-state index is -0.353. The van der Waals surface area contributed by atoms with E-state index < -0.39 is 0 Å². The van der Waals surface area contributed by atoms with Gasteiger partial charge < -0.3 is 19.9 Å². The highest BCUT2D eigenvalue weighted by atomic mass is 16.6. The molecule has 0 aliphatic carbocycles. The number of para-hydroxylation sites is 2. The maximum Gasteiger partial charge on any atom is 0.292 e. The van der Waals surface area contributed by atoms with Gasteiger partial charge in [-0.05, 0) is 50.7 Å². The minimum Gasteiger partial charge on any atom is -0.497 e. The van der Waals surface area contributed by atoms with Gasteiger partial charge in [0.05, 0.1) is 18.1 Å². The summed E-state index contributed by atoms with van der Waals surface area (Å²) in [6.07, 6.45) is 1.34. The van der Waals surface area contributed by atoms with Gasteiger partial charge in [-0.15, -0.1) is 0 Å². The van der Waals surface area contributed by atoms with Crippen LogP contribution in [0.2, 0.25) is 0 Å². The maximum atomic E-state index is 12.8. The van der Waals surface area contributed by atoms with Crippen LogP contribution in [0.15, 0.2) is 48.5 Å². The van der Waals surface area contributed by atoms with Gasteiger partial charge in [-0.25, -0.2) is 0 Å². The summed E-state index contributed by atoms with van der Waals surface area (Å²) in [6, 6.07) is 14.7. The molecule has 3 rings (SSSR count). The zero-order valence-electron chi connectivity index (χ0n) is 18.3. The molecule has 166 valence electrons. The van der Waals surface area contributed by atoms with Gasteiger partial charge in [0.1, 0.15) is 11.4 Å². The molecule has 1 atom stereocenters. The van der Waals surface area contributed by atoms with Gasteiger partial charge in [0.2, 0.25) is 5.91 Å². The van der Waals surface area contributed by atoms with Gasteiger partial charge >= 0.3 is 0 Å². The Morgan fingerprint density at radius 1 is 1.23 bits per heavy atom. The highest BCUT2D eigenvalue weighted by Crippen LogP contribution is 2.31. The molecule has 0 bridgehead atoms. The summed E-state index contributed by atoms with van der Waals surface area (Å²) in [5, 5.41) is 14.4. The zero-order valence-corrected chi connectivity index (χ0v) is 18.3. The van der Waals surface area contributed by atoms with Crippen LogP contribution in [0.5, 0.6) is 5.75 Å². The van der Waals surface area contributed by atoms with E-state index in [1.54, 1.807) is 25.3 Å². The van der Waals surface area contributed by atoms with E-state index in [-0.39, 0.29) is 28.5 Å². The number of carbonyl (C=O) groups is 1. The van der Waals surface area contributed by atoms with Crippen molar-refractivity contribution < 1.29 is 14.5 Å². The topological polar surface area (TPSA) is 87.9 Å². The van der Waals surface area contributed by atoms with E-state index >= 15 is 0 Å². The fourth-order valence-corrected chi connectivity index (χ4v) is 4.06. The Bertz CT molecular complexity index is 910. The highest BCUT2D eigenvalue weighted by molar-refractivity contribution is 5.79. The molecular weight excluding hydrogens is 396 g/mol. The Kier molecular flexibility index (Phi) is 7.46. The molecule has 1 unspecified atom stereocenters. The largest absolute Gasteiger partial charge is 0.497 e. The minimum absolute atomic E-state index is 0.0334. The number of anilines is 1. The molecule has 1 N–H and O–H groups in total. The van der Waals surface area contributed by atoms with Crippen molar-refractivity contribution in [1.29, 1.82) is 0 Å². The fourth-order valence-electron chi connectivity index (χ4n) is 4.06. The van der Waals surface area contributed by atoms with E-state index in [9.17, 15) is 14.9 Å². The highest BCUT2D eigenvalue weighted by Gasteiger charge is 2.28. The first-order valence-electron chi connectivity index (χ1n) is 10.5. The first kappa shape index (κ1) is 22.6. The number of piperidine rings is 1. The summed E-state index contributed by atoms with van der Waals surface area (Å²) in [6.45, 7) is 1.75. The van der Waals surface area contributed by atoms with Gasteiger partial charge in [0, 0.05) is 31.6 Å². The molecule has 0 radical (unpaired) electrons. The van der Waals surface area contributed by atoms with Crippen LogP contribution in [0.3, 0.4) is 0 Å². The molecule has 1 heterocycles. The normalized spacial score (nSPS) is 15.5. The van der Waals surface area contributed by atoms with Crippen LogP contribution in [-0.4, -0.2) is 56.6 Å². The van der Waals surface area contributed by atoms with Crippen LogP contribution in [0.4, 0.5) is 11.4 Å². The Labute approximate surface area is 182 Å². The van der Waals surface area contributed by atoms with E-state index in [2.05, 4.69) is 10.2 Å². The first-order chi connectivity index (χ1) is 14.9. The quantitative estimate of drug-likeness (QED) is 0.515. The zero-order chi connectivity index (χ0) is 22.4. The third kappa shape index (κ3) is 5.52. The van der Waals surface area contributed by atoms with Crippen molar-refractivity contribution in [2.45, 2.75) is 18.9 Å². The molecule has 8 nitrogen and oxygen atoms in total. The number of methoxy groups -OCH3 is 1. The molecule has 1 aliphatic rings. The van der Waals surface area contributed by atoms with Crippen molar-refractivity contribution in [2.75, 3.05) is 45.7 Å². The van der Waals surface area contributed by atoms with E-state index in [0.717, 1.165) is 11.3 Å². The van der Waals surface area contributed by atoms with Gasteiger partial charge in [0.15, 0.2) is 0 Å². The van der Waals surface area contributed by atoms with Crippen molar-refractivity contribution in [1.82, 2.24) is 10.2 Å². The number of nitrogens with one attached hydrogen (secondary N) is 1. The fraction of sp³-hybridized carbons (Fsp3) is 0.435. The summed E-state index contributed by atoms with van der Waals surface area (Å²) in [5.74, 6) is 0.738. The Morgan fingerprint density at radius 3 is 2.58 bits per heavy atom. The van der Waals surface area contributed by atoms with Crippen LogP contribution < -0.4 is 15.0 Å². The lowest BCUT2D eigenvalue weighted by atomic mass is 9.95. The first-order valence-corrected chi connectivity index (χ1v) is 10.5. The van der Waals surface area contributed by atoms with Crippen LogP contribution in [-0.2, 0) is 4.79 Å². The Balaban J connectivity index is 1.58. The number of nitrogens with zero attached hydrogens (tertiary/aromatic N) is 3. The number of hydrogen-bond acceptors (Lipinski definition) is 6. The van der Waals surface area contributed by atoms with E-state index in [1.165, 1.54) is 6.07 Å². The molecule has 0 spiro atoms. The predicted octanol–water partition coefficient (Wildman–Crippen LogP) is 3.24. The van der Waals surface area contributed by atoms with Crippen LogP contribution in [0, 0.1) is 16.0 Å². The third-order valence-electron chi connectivity index (χ3n) is 5.86. The molecule has 1 saturated heterocycles. The summed E-state index contributed by atoms with van der Waals surface area (Å²) in [7, 11) is 5.62. The number of ether oxygens (including phenoxy) is 1. The van der Waals surface area contributed by atoms with Crippen molar-refractivity contribution in [3.8, 4) is 5.75 Å². The third-order valence-corrected chi connectivity index (χ3v) is 5.86. The van der Waals surface area contributed by atoms with Crippen molar-refractivity contribution >= 4 is 17.3 Å². The van der Waals surface area contributed by atoms with E-state index in [1.807, 2.05) is 43.3 Å². The average Bonchev–Trinajstić information content (AvgIpc) is 2.79. The molecule has 2 aromatic rings. The SMILES string of the molecule is COc1cccc(C(CNC(=O)C2CCN(c3ccccc3[N+](=O)[O-])CC2)N(C)C)c1. The maximum absolute atomic E-state index is 12.8. The number of amides is 1. The summed E-state index contributed by atoms with van der Waals surface area (Å²) >= 11 is 0. The second kappa shape index (κ2) is 10.3. The Hall–Kier alpha value is -3.13. The average molecular weight is 427 g/mol. The summed E-state index contributed by atoms with van der Waals surface area (Å²) < 4.78 is 5.32. The summed E-state index contributed by atoms with van der Waals surface area (Å²) in [4.78, 5) is 27.8. The molecule has 2 aromatic carbocycles. The number of likely N-dealkylation sites (N-methyl/N-ethyl adjacent to an activating group) is 1. The second-order valence-electron chi connectivity index (χ2n) is 8.01. The summed E-state index contributed by atoms with van der Waals surface area (Å²) in [5.41, 5.74) is 1.81. The molecule has 1 amide bonds. The van der Waals surface area contributed by atoms with E-state index in [0.29, 0.717) is 38.2 Å². The number of nitro groups is 1. The molecule has 0 aromatic heterocycles. The molecular formula is C23H30N4O4. The van der Waals surface area contributed by atoms with Crippen molar-refractivity contribution in [3.63, 3.8) is 0 Å². The molecule has 1 aliphatic heterocycles. The lowest BCUT2D eigenvalue weighted by Gasteiger charge is -2.33. The number of rotatable bonds is 8. The van der Waals surface area contributed by atoms with Gasteiger partial charge in [-0.3, -0.25) is 14.9 Å². The van der Waals surface area contributed by atoms with Crippen molar-refractivity contribution in [3.05, 3.63) is 64.2 Å². The van der Waals surface area contributed by atoms with Gasteiger partial charge in [-0.2, -0.15) is 0 Å². The molecule has 8 heteroatoms. The van der Waals surface area contributed by atoms with Gasteiger partial charge in [0.25, 0.3) is 5.69 Å². The monoisotopic (exact) mass is 426 g/mol. The van der Waals surface area contributed by atoms with E-state index in [4.69, 9.17) is 4.74 Å². The lowest BCUT2D eigenvalue weighted by molar-refractivity contribution is -0.384. The lowest BCUT2D eigenvalue weighted by Crippen LogP contribution is -2.43. The van der Waals surface area contributed by atoms with Crippen LogP contribution >= 0.6 is 0 Å². The second-order valence-corrected chi connectivity index (χ2v) is 8.01. The molecule has 0 saturated carbocycles. The van der Waals surface area contributed by atoms with Crippen molar-refractivity contribution in [2.24, 2.45) is 5.92 Å². The Morgan fingerprint density at radius 2 is 1.94 bits per heavy atom. The van der Waals surface area contributed by atoms with Gasteiger partial charge in [-0.1, -0.05) is 24.3 Å². The van der Waals surface area contributed by atoms with Crippen LogP contribution in [0.25, 0.3) is 0 Å². The predicted molar refractivity (Wildman–Crippen MR) is 120 cm³/mol. The number of benzene rings is 2. The molecule has 1 fully saturated rings. The standard InChI is InChI=1S/C23H30N4O4/c1-25(2)22(18-7-6-8-19(15-18)31-3)16-24-23(28)17-11-13-26(14-12-17)20-9-4-5-10-21(20)27(29)30/h4-10,15,17,22H,11-14,16H2,1-3H3,(H,24,28). The number of carbonyl (C=O) groups excluding carboxylic acids is 1.